The molecule has 0 saturated heterocycles. The molecule has 0 aliphatic heterocycles. The van der Waals surface area contributed by atoms with Crippen LogP contribution in [0, 0.1) is 0 Å². The zero-order valence-electron chi connectivity index (χ0n) is 10.1. The highest BCUT2D eigenvalue weighted by Crippen LogP contribution is 2.23. The molecule has 104 valence electrons. The molecule has 1 heterocycles. The minimum atomic E-state index is -3.73. The number of carbonyl (C=O) groups excluding carboxylic acids is 1. The van der Waals surface area contributed by atoms with E-state index in [0.29, 0.717) is 17.1 Å². The molecule has 20 heavy (non-hydrogen) atoms. The average Bonchev–Trinajstić information content (AvgIpc) is 2.84. The van der Waals surface area contributed by atoms with Gasteiger partial charge in [0.15, 0.2) is 0 Å². The third-order valence-electron chi connectivity index (χ3n) is 2.48. The number of carboxylic acids is 1. The molecule has 0 atom stereocenters. The third-order valence-corrected chi connectivity index (χ3v) is 3.41. The highest BCUT2D eigenvalue weighted by atomic mass is 32.2. The number of benzene rings is 1. The molecule has 1 aromatic heterocycles. The summed E-state index contributed by atoms with van der Waals surface area (Å²) in [5, 5.41) is 15.3. The van der Waals surface area contributed by atoms with Gasteiger partial charge in [0.1, 0.15) is 11.5 Å². The predicted molar refractivity (Wildman–Crippen MR) is 69.6 cm³/mol. The van der Waals surface area contributed by atoms with Crippen LogP contribution < -0.4 is 10.2 Å². The topological polar surface area (TPSA) is 113 Å². The number of aliphatic carboxylic acids is 1. The van der Waals surface area contributed by atoms with Crippen LogP contribution in [0.15, 0.2) is 51.8 Å². The van der Waals surface area contributed by atoms with Gasteiger partial charge in [0.25, 0.3) is 0 Å². The van der Waals surface area contributed by atoms with Crippen molar-refractivity contribution in [2.75, 3.05) is 0 Å². The Morgan fingerprint density at radius 3 is 2.35 bits per heavy atom. The molecule has 0 fully saturated rings. The Labute approximate surface area is 115 Å². The van der Waals surface area contributed by atoms with Gasteiger partial charge in [-0.1, -0.05) is 0 Å². The standard InChI is InChI=1S/C13H11NO5S/c14-20(17,18)11-5-1-9(2-6-11)12-7-3-10(19-12)4-8-13(15)16/h1-8H,(H,15,16)(H2,14,17,18)/p-1/b8-4+. The highest BCUT2D eigenvalue weighted by Gasteiger charge is 2.08. The summed E-state index contributed by atoms with van der Waals surface area (Å²) in [6, 6.07) is 9.05. The maximum Gasteiger partial charge on any atom is 0.238 e. The van der Waals surface area contributed by atoms with Gasteiger partial charge in [0.2, 0.25) is 10.0 Å². The van der Waals surface area contributed by atoms with Gasteiger partial charge in [-0.15, -0.1) is 0 Å². The first-order valence-corrected chi connectivity index (χ1v) is 7.03. The summed E-state index contributed by atoms with van der Waals surface area (Å²) < 4.78 is 27.6. The Hall–Kier alpha value is -2.38. The summed E-state index contributed by atoms with van der Waals surface area (Å²) in [6.45, 7) is 0. The van der Waals surface area contributed by atoms with E-state index in [4.69, 9.17) is 9.56 Å². The Kier molecular flexibility index (Phi) is 3.73. The normalized spacial score (nSPS) is 11.8. The van der Waals surface area contributed by atoms with Gasteiger partial charge < -0.3 is 14.3 Å². The molecule has 0 saturated carbocycles. The molecule has 2 rings (SSSR count). The Balaban J connectivity index is 2.27. The van der Waals surface area contributed by atoms with Gasteiger partial charge in [-0.3, -0.25) is 0 Å². The first-order chi connectivity index (χ1) is 9.36. The molecule has 2 N–H and O–H groups in total. The molecule has 0 amide bonds. The van der Waals surface area contributed by atoms with Crippen LogP contribution in [0.3, 0.4) is 0 Å². The van der Waals surface area contributed by atoms with Gasteiger partial charge in [-0.2, -0.15) is 0 Å². The molecule has 7 heteroatoms. The number of sulfonamides is 1. The predicted octanol–water partition coefficient (Wildman–Crippen LogP) is 0.357. The van der Waals surface area contributed by atoms with Crippen molar-refractivity contribution in [2.45, 2.75) is 4.90 Å². The van der Waals surface area contributed by atoms with Crippen LogP contribution in [0.5, 0.6) is 0 Å². The first kappa shape index (κ1) is 14.0. The van der Waals surface area contributed by atoms with E-state index in [1.807, 2.05) is 0 Å². The number of carboxylic acid groups (broad SMARTS) is 1. The smallest absolute Gasteiger partial charge is 0.238 e. The van der Waals surface area contributed by atoms with Crippen LogP contribution in [0.1, 0.15) is 5.76 Å². The number of nitrogens with two attached hydrogens (primary N) is 1. The average molecular weight is 292 g/mol. The highest BCUT2D eigenvalue weighted by molar-refractivity contribution is 7.89. The number of rotatable bonds is 4. The second-order valence-electron chi connectivity index (χ2n) is 3.92. The molecule has 2 aromatic rings. The second kappa shape index (κ2) is 5.32. The molecule has 0 unspecified atom stereocenters. The van der Waals surface area contributed by atoms with E-state index < -0.39 is 16.0 Å². The second-order valence-corrected chi connectivity index (χ2v) is 5.49. The zero-order chi connectivity index (χ0) is 14.8. The quantitative estimate of drug-likeness (QED) is 0.817. The molecular formula is C13H10NO5S-. The first-order valence-electron chi connectivity index (χ1n) is 5.48. The SMILES string of the molecule is NS(=O)(=O)c1ccc(-c2ccc(/C=C/C(=O)[O-])o2)cc1. The lowest BCUT2D eigenvalue weighted by molar-refractivity contribution is -0.297. The lowest BCUT2D eigenvalue weighted by atomic mass is 10.2. The van der Waals surface area contributed by atoms with Crippen molar-refractivity contribution in [1.82, 2.24) is 0 Å². The van der Waals surface area contributed by atoms with E-state index in [9.17, 15) is 18.3 Å². The molecule has 0 bridgehead atoms. The van der Waals surface area contributed by atoms with E-state index in [2.05, 4.69) is 0 Å². The summed E-state index contributed by atoms with van der Waals surface area (Å²) >= 11 is 0. The van der Waals surface area contributed by atoms with Gasteiger partial charge in [0.05, 0.1) is 10.9 Å². The van der Waals surface area contributed by atoms with Crippen LogP contribution in [0.4, 0.5) is 0 Å². The molecule has 0 spiro atoms. The van der Waals surface area contributed by atoms with E-state index in [1.165, 1.54) is 18.2 Å². The van der Waals surface area contributed by atoms with Crippen LogP contribution in [-0.2, 0) is 14.8 Å². The molecule has 0 radical (unpaired) electrons. The van der Waals surface area contributed by atoms with Gasteiger partial charge in [0, 0.05) is 5.56 Å². The molecule has 6 nitrogen and oxygen atoms in total. The number of furan rings is 1. The van der Waals surface area contributed by atoms with E-state index in [-0.39, 0.29) is 4.90 Å². The van der Waals surface area contributed by atoms with Crippen LogP contribution in [0.2, 0.25) is 0 Å². The van der Waals surface area contributed by atoms with E-state index in [1.54, 1.807) is 24.3 Å². The molecule has 0 aliphatic carbocycles. The number of hydrogen-bond acceptors (Lipinski definition) is 5. The van der Waals surface area contributed by atoms with Gasteiger partial charge in [-0.25, -0.2) is 13.6 Å². The van der Waals surface area contributed by atoms with Crippen molar-refractivity contribution in [3.05, 3.63) is 48.2 Å². The third kappa shape index (κ3) is 3.34. The summed E-state index contributed by atoms with van der Waals surface area (Å²) in [5.74, 6) is -0.496. The maximum atomic E-state index is 11.1. The Bertz CT molecular complexity index is 756. The maximum absolute atomic E-state index is 11.1. The summed E-state index contributed by atoms with van der Waals surface area (Å²) in [5.41, 5.74) is 0.644. The van der Waals surface area contributed by atoms with E-state index >= 15 is 0 Å². The van der Waals surface area contributed by atoms with Crippen LogP contribution in [-0.4, -0.2) is 14.4 Å². The minimum absolute atomic E-state index is 0.00452. The van der Waals surface area contributed by atoms with Crippen LogP contribution in [0.25, 0.3) is 17.4 Å². The fourth-order valence-corrected chi connectivity index (χ4v) is 2.07. The fourth-order valence-electron chi connectivity index (χ4n) is 1.56. The lowest BCUT2D eigenvalue weighted by Crippen LogP contribution is -2.18. The molecule has 1 aromatic carbocycles. The van der Waals surface area contributed by atoms with E-state index in [0.717, 1.165) is 6.08 Å². The zero-order valence-corrected chi connectivity index (χ0v) is 11.0. The Morgan fingerprint density at radius 2 is 1.80 bits per heavy atom. The lowest BCUT2D eigenvalue weighted by Gasteiger charge is -2.00. The van der Waals surface area contributed by atoms with Crippen LogP contribution >= 0.6 is 0 Å². The van der Waals surface area contributed by atoms with Crippen molar-refractivity contribution in [2.24, 2.45) is 5.14 Å². The number of carbonyl (C=O) groups is 1. The monoisotopic (exact) mass is 292 g/mol. The minimum Gasteiger partial charge on any atom is -0.545 e. The van der Waals surface area contributed by atoms with Crippen molar-refractivity contribution >= 4 is 22.1 Å². The molecule has 0 aliphatic rings. The van der Waals surface area contributed by atoms with Crippen molar-refractivity contribution < 1.29 is 22.7 Å². The summed E-state index contributed by atoms with van der Waals surface area (Å²) in [7, 11) is -3.73. The number of primary sulfonamides is 1. The van der Waals surface area contributed by atoms with Gasteiger partial charge >= 0.3 is 0 Å². The Morgan fingerprint density at radius 1 is 1.15 bits per heavy atom. The number of hydrogen-bond donors (Lipinski definition) is 1. The summed E-state index contributed by atoms with van der Waals surface area (Å²) in [6.07, 6.45) is 2.12. The van der Waals surface area contributed by atoms with Crippen molar-refractivity contribution in [1.29, 1.82) is 0 Å². The van der Waals surface area contributed by atoms with Crippen molar-refractivity contribution in [3.8, 4) is 11.3 Å². The molecular weight excluding hydrogens is 282 g/mol. The van der Waals surface area contributed by atoms with Crippen molar-refractivity contribution in [3.63, 3.8) is 0 Å². The largest absolute Gasteiger partial charge is 0.545 e. The summed E-state index contributed by atoms with van der Waals surface area (Å²) in [4.78, 5) is 10.3. The fraction of sp³-hybridized carbons (Fsp3) is 0. The van der Waals surface area contributed by atoms with Gasteiger partial charge in [-0.05, 0) is 48.6 Å².